The first-order valence-corrected chi connectivity index (χ1v) is 23.3. The molecule has 4 heteroatoms. The summed E-state index contributed by atoms with van der Waals surface area (Å²) in [5, 5.41) is 2.73. The zero-order chi connectivity index (χ0) is 44.0. The molecule has 0 unspecified atom stereocenters. The quantitative estimate of drug-likeness (QED) is 0.162. The van der Waals surface area contributed by atoms with Gasteiger partial charge in [-0.2, -0.15) is 0 Å². The summed E-state index contributed by atoms with van der Waals surface area (Å²) in [6, 6.07) is 56.4. The maximum atomic E-state index is 2.70. The lowest BCUT2D eigenvalue weighted by atomic mass is 9.34. The van der Waals surface area contributed by atoms with Crippen molar-refractivity contribution in [1.82, 2.24) is 9.13 Å². The number of aromatic nitrogens is 2. The van der Waals surface area contributed by atoms with Crippen molar-refractivity contribution < 1.29 is 0 Å². The van der Waals surface area contributed by atoms with Crippen molar-refractivity contribution in [3.63, 3.8) is 0 Å². The predicted octanol–water partition coefficient (Wildman–Crippen LogP) is 13.4. The fourth-order valence-electron chi connectivity index (χ4n) is 12.7. The van der Waals surface area contributed by atoms with Gasteiger partial charge in [-0.15, -0.1) is 0 Å². The van der Waals surface area contributed by atoms with E-state index in [1.807, 2.05) is 0 Å². The molecule has 7 aromatic carbocycles. The predicted molar refractivity (Wildman–Crippen MR) is 272 cm³/mol. The van der Waals surface area contributed by atoms with Crippen molar-refractivity contribution in [1.29, 1.82) is 0 Å². The molecule has 2 aliphatic heterocycles. The summed E-state index contributed by atoms with van der Waals surface area (Å²) >= 11 is 0. The maximum Gasteiger partial charge on any atom is 0.252 e. The Morgan fingerprint density at radius 3 is 1.27 bits per heavy atom. The molecule has 2 aliphatic carbocycles. The van der Waals surface area contributed by atoms with Gasteiger partial charge in [-0.05, 0) is 97.0 Å². The first-order valence-electron chi connectivity index (χ1n) is 23.3. The van der Waals surface area contributed by atoms with Crippen LogP contribution in [0.1, 0.15) is 103 Å². The molecule has 0 bridgehead atoms. The van der Waals surface area contributed by atoms with E-state index in [-0.39, 0.29) is 28.4 Å². The van der Waals surface area contributed by atoms with Gasteiger partial charge in [0.1, 0.15) is 0 Å². The van der Waals surface area contributed by atoms with Crippen LogP contribution in [0.3, 0.4) is 0 Å². The minimum absolute atomic E-state index is 0.0397. The minimum atomic E-state index is -0.161. The molecule has 0 atom stereocenters. The van der Waals surface area contributed by atoms with E-state index < -0.39 is 0 Å². The van der Waals surface area contributed by atoms with Gasteiger partial charge >= 0.3 is 0 Å². The van der Waals surface area contributed by atoms with Crippen LogP contribution in [0, 0.1) is 0 Å². The molecule has 2 aromatic heterocycles. The van der Waals surface area contributed by atoms with E-state index in [1.165, 1.54) is 105 Å². The summed E-state index contributed by atoms with van der Waals surface area (Å²) < 4.78 is 5.39. The number of anilines is 3. The van der Waals surface area contributed by atoms with Crippen LogP contribution >= 0.6 is 0 Å². The van der Waals surface area contributed by atoms with Crippen LogP contribution in [0.2, 0.25) is 0 Å². The molecule has 13 rings (SSSR count). The third kappa shape index (κ3) is 4.69. The van der Waals surface area contributed by atoms with Gasteiger partial charge in [0.15, 0.2) is 0 Å². The number of hydrogen-bond donors (Lipinski definition) is 0. The van der Waals surface area contributed by atoms with E-state index >= 15 is 0 Å². The smallest absolute Gasteiger partial charge is 0.252 e. The zero-order valence-electron chi connectivity index (χ0n) is 38.8. The highest BCUT2D eigenvalue weighted by molar-refractivity contribution is 7.00. The van der Waals surface area contributed by atoms with E-state index in [9.17, 15) is 0 Å². The SMILES string of the molecule is CC(C)(C)c1ccc(N(c2ccc(C(C)(C)C)cc2)c2cc3c4c(c2)-n2c5c(c6cccc(c62)B4c2cccc4c6c(n-3c24)-c2ccccc2C6(C)C)C(C)(C)c2ccccc2-5)cc1. The summed E-state index contributed by atoms with van der Waals surface area (Å²) in [6.45, 7) is 23.6. The van der Waals surface area contributed by atoms with E-state index in [0.29, 0.717) is 0 Å². The second-order valence-corrected chi connectivity index (χ2v) is 22.2. The third-order valence-corrected chi connectivity index (χ3v) is 15.8. The number of fused-ring (bicyclic) bond motifs is 14. The fraction of sp³-hybridized carbons (Fsp3) is 0.233. The Kier molecular flexibility index (Phi) is 7.23. The van der Waals surface area contributed by atoms with Gasteiger partial charge in [0.05, 0.1) is 17.1 Å². The number of rotatable bonds is 3. The molecule has 64 heavy (non-hydrogen) atoms. The number of para-hydroxylation sites is 2. The molecule has 4 heterocycles. The Bertz CT molecular complexity index is 3280. The number of benzene rings is 7. The molecular formula is C60H54BN3. The lowest BCUT2D eigenvalue weighted by molar-refractivity contribution is 0.590. The molecule has 312 valence electrons. The van der Waals surface area contributed by atoms with Crippen LogP contribution in [0.25, 0.3) is 55.7 Å². The maximum absolute atomic E-state index is 2.70. The largest absolute Gasteiger partial charge is 0.310 e. The summed E-state index contributed by atoms with van der Waals surface area (Å²) in [7, 11) is 0. The van der Waals surface area contributed by atoms with Gasteiger partial charge in [-0.3, -0.25) is 0 Å². The Labute approximate surface area is 378 Å². The van der Waals surface area contributed by atoms with E-state index in [2.05, 4.69) is 229 Å². The van der Waals surface area contributed by atoms with E-state index in [1.54, 1.807) is 0 Å². The Balaban J connectivity index is 1.20. The van der Waals surface area contributed by atoms with Crippen molar-refractivity contribution in [3.8, 4) is 33.9 Å². The highest BCUT2D eigenvalue weighted by atomic mass is 15.2. The number of nitrogens with zero attached hydrogens (tertiary/aromatic N) is 3. The first kappa shape index (κ1) is 38.0. The Morgan fingerprint density at radius 2 is 0.859 bits per heavy atom. The molecule has 0 amide bonds. The van der Waals surface area contributed by atoms with Crippen LogP contribution in [0.5, 0.6) is 0 Å². The van der Waals surface area contributed by atoms with Crippen molar-refractivity contribution >= 4 is 62.0 Å². The van der Waals surface area contributed by atoms with Crippen molar-refractivity contribution in [3.05, 3.63) is 179 Å². The third-order valence-electron chi connectivity index (χ3n) is 15.8. The van der Waals surface area contributed by atoms with Crippen LogP contribution in [0.15, 0.2) is 146 Å². The summed E-state index contributed by atoms with van der Waals surface area (Å²) in [5.41, 5.74) is 26.3. The first-order chi connectivity index (χ1) is 30.6. The van der Waals surface area contributed by atoms with Gasteiger partial charge in [0.2, 0.25) is 0 Å². The summed E-state index contributed by atoms with van der Waals surface area (Å²) in [5.74, 6) is 0. The van der Waals surface area contributed by atoms with E-state index in [4.69, 9.17) is 0 Å². The van der Waals surface area contributed by atoms with Gasteiger partial charge in [0.25, 0.3) is 6.71 Å². The normalized spacial score (nSPS) is 15.6. The molecule has 0 spiro atoms. The van der Waals surface area contributed by atoms with Crippen molar-refractivity contribution in [2.45, 2.75) is 90.9 Å². The monoisotopic (exact) mass is 827 g/mol. The molecule has 0 N–H and O–H groups in total. The summed E-state index contributed by atoms with van der Waals surface area (Å²) in [6.07, 6.45) is 0. The number of hydrogen-bond acceptors (Lipinski definition) is 1. The van der Waals surface area contributed by atoms with Gasteiger partial charge in [-0.1, -0.05) is 178 Å². The van der Waals surface area contributed by atoms with Gasteiger partial charge in [0, 0.05) is 66.5 Å². The molecule has 0 saturated heterocycles. The molecule has 0 radical (unpaired) electrons. The molecule has 0 saturated carbocycles. The topological polar surface area (TPSA) is 13.1 Å². The average molecular weight is 828 g/mol. The molecule has 0 fully saturated rings. The average Bonchev–Trinajstić information content (AvgIpc) is 3.95. The second kappa shape index (κ2) is 12.2. The molecular weight excluding hydrogens is 773 g/mol. The van der Waals surface area contributed by atoms with Gasteiger partial charge < -0.3 is 14.0 Å². The Hall–Kier alpha value is -6.52. The second-order valence-electron chi connectivity index (χ2n) is 22.2. The van der Waals surface area contributed by atoms with E-state index in [0.717, 1.165) is 17.1 Å². The standard InChI is InChI=1S/C60H54BN3/c1-57(2,3)35-25-29-37(30-26-35)62(38-31-27-36(28-32-38)58(4,5)6)39-33-48-52-49(34-39)64-54-43(51-56(64)41-18-12-14-22-45(41)60(51,9)10)20-16-24-47(54)61(52)46-23-15-19-42-50-55(63(48)53(42)46)40-17-11-13-21-44(40)59(50,7)8/h11-34H,1-10H3. The van der Waals surface area contributed by atoms with Crippen LogP contribution in [0.4, 0.5) is 17.1 Å². The van der Waals surface area contributed by atoms with Crippen molar-refractivity contribution in [2.75, 3.05) is 4.90 Å². The highest BCUT2D eigenvalue weighted by Crippen LogP contribution is 2.57. The van der Waals surface area contributed by atoms with Crippen LogP contribution in [-0.4, -0.2) is 15.8 Å². The molecule has 9 aromatic rings. The van der Waals surface area contributed by atoms with Crippen molar-refractivity contribution in [2.24, 2.45) is 0 Å². The summed E-state index contributed by atoms with van der Waals surface area (Å²) in [4.78, 5) is 2.52. The van der Waals surface area contributed by atoms with Gasteiger partial charge in [-0.25, -0.2) is 0 Å². The molecule has 3 nitrogen and oxygen atoms in total. The Morgan fingerprint density at radius 1 is 0.453 bits per heavy atom. The zero-order valence-corrected chi connectivity index (χ0v) is 38.8. The lowest BCUT2D eigenvalue weighted by Gasteiger charge is -2.36. The highest BCUT2D eigenvalue weighted by Gasteiger charge is 2.49. The lowest BCUT2D eigenvalue weighted by Crippen LogP contribution is -2.59. The van der Waals surface area contributed by atoms with Crippen LogP contribution < -0.4 is 21.3 Å². The van der Waals surface area contributed by atoms with Crippen LogP contribution in [-0.2, 0) is 21.7 Å². The minimum Gasteiger partial charge on any atom is -0.310 e. The molecule has 4 aliphatic rings. The fourth-order valence-corrected chi connectivity index (χ4v) is 12.7.